The highest BCUT2D eigenvalue weighted by Gasteiger charge is 2.70. The third-order valence-corrected chi connectivity index (χ3v) is 21.8. The third-order valence-electron chi connectivity index (χ3n) is 21.8. The first kappa shape index (κ1) is 60.9. The zero-order valence-electron chi connectivity index (χ0n) is 45.6. The van der Waals surface area contributed by atoms with Crippen LogP contribution in [0.1, 0.15) is 106 Å². The lowest BCUT2D eigenvalue weighted by atomic mass is 9.33. The summed E-state index contributed by atoms with van der Waals surface area (Å²) in [7, 11) is 0. The Morgan fingerprint density at radius 3 is 1.79 bits per heavy atom. The van der Waals surface area contributed by atoms with Crippen LogP contribution in [0.4, 0.5) is 0 Å². The number of fused-ring (bicyclic) bond motifs is 7. The molecule has 0 bridgehead atoms. The van der Waals surface area contributed by atoms with Gasteiger partial charge < -0.3 is 114 Å². The molecule has 8 fully saturated rings. The van der Waals surface area contributed by atoms with E-state index in [9.17, 15) is 81.4 Å². The summed E-state index contributed by atoms with van der Waals surface area (Å²) >= 11 is 0. The van der Waals surface area contributed by atoms with Gasteiger partial charge in [-0.05, 0) is 104 Å². The van der Waals surface area contributed by atoms with Crippen molar-refractivity contribution in [1.29, 1.82) is 0 Å². The van der Waals surface area contributed by atoms with Crippen molar-refractivity contribution in [2.45, 2.75) is 241 Å². The number of rotatable bonds is 13. The molecule has 15 N–H and O–H groups in total. The van der Waals surface area contributed by atoms with E-state index in [0.29, 0.717) is 38.5 Å². The van der Waals surface area contributed by atoms with Crippen LogP contribution in [0.25, 0.3) is 0 Å². The second-order valence-electron chi connectivity index (χ2n) is 26.3. The summed E-state index contributed by atoms with van der Waals surface area (Å²) < 4.78 is 48.1. The van der Waals surface area contributed by atoms with Crippen molar-refractivity contribution in [3.63, 3.8) is 0 Å². The Morgan fingerprint density at radius 2 is 1.17 bits per heavy atom. The zero-order chi connectivity index (χ0) is 57.1. The lowest BCUT2D eigenvalue weighted by Crippen LogP contribution is -2.68. The minimum Gasteiger partial charge on any atom is -0.479 e. The first-order valence-corrected chi connectivity index (χ1v) is 27.9. The van der Waals surface area contributed by atoms with Gasteiger partial charge in [-0.2, -0.15) is 0 Å². The maximum absolute atomic E-state index is 12.6. The minimum absolute atomic E-state index is 0.0470. The minimum atomic E-state index is -2.12. The van der Waals surface area contributed by atoms with Crippen LogP contribution < -0.4 is 0 Å². The maximum atomic E-state index is 12.6. The van der Waals surface area contributed by atoms with Gasteiger partial charge in [0.05, 0.1) is 44.7 Å². The highest BCUT2D eigenvalue weighted by atomic mass is 16.8. The van der Waals surface area contributed by atoms with Crippen molar-refractivity contribution in [3.8, 4) is 0 Å². The molecular weight excluding hydrogens is 1030 g/mol. The average Bonchev–Trinajstić information content (AvgIpc) is 2.58. The number of ether oxygens (including phenoxy) is 8. The predicted octanol–water partition coefficient (Wildman–Crippen LogP) is -2.50. The van der Waals surface area contributed by atoms with E-state index in [1.165, 1.54) is 12.5 Å². The Labute approximate surface area is 453 Å². The molecule has 4 saturated heterocycles. The van der Waals surface area contributed by atoms with Crippen LogP contribution in [0, 0.1) is 50.2 Å². The van der Waals surface area contributed by atoms with E-state index in [-0.39, 0.29) is 41.8 Å². The quantitative estimate of drug-likeness (QED) is 0.0670. The fraction of sp³-hybridized carbons (Fsp3) is 0.944. The predicted molar refractivity (Wildman–Crippen MR) is 265 cm³/mol. The molecular formula is C54H88O24. The van der Waals surface area contributed by atoms with E-state index in [0.717, 1.165) is 19.3 Å². The first-order chi connectivity index (χ1) is 36.5. The molecule has 448 valence electrons. The molecule has 0 aromatic carbocycles. The summed E-state index contributed by atoms with van der Waals surface area (Å²) in [4.78, 5) is 12.6. The molecule has 9 rings (SSSR count). The molecule has 5 aliphatic carbocycles. The maximum Gasteiger partial charge on any atom is 0.335 e. The SMILES string of the molecule is CC1OC(OC2C(OC3C(OC4CCC5(C)C(CCC6(C)C5CC=C5C7CC(C)(COC8OC(CO)C(O)C(O)C8O)CC(O)C7(C)CCC56C)C4(C)CO)OC(C(=O)O)C(O)C3O)OC(CO)C(O)C2O)C(O)C(O)C1O. The number of aliphatic hydroxyl groups excluding tert-OH is 14. The van der Waals surface area contributed by atoms with Crippen molar-refractivity contribution in [2.24, 2.45) is 50.2 Å². The van der Waals surface area contributed by atoms with Gasteiger partial charge in [-0.15, -0.1) is 0 Å². The van der Waals surface area contributed by atoms with Crippen molar-refractivity contribution in [2.75, 3.05) is 26.4 Å². The summed E-state index contributed by atoms with van der Waals surface area (Å²) in [5.41, 5.74) is -1.77. The Bertz CT molecular complexity index is 2160. The van der Waals surface area contributed by atoms with Crippen LogP contribution in [0.2, 0.25) is 0 Å². The molecule has 0 amide bonds. The monoisotopic (exact) mass is 1120 g/mol. The van der Waals surface area contributed by atoms with E-state index in [4.69, 9.17) is 37.9 Å². The van der Waals surface area contributed by atoms with Crippen LogP contribution in [-0.2, 0) is 42.7 Å². The van der Waals surface area contributed by atoms with Crippen LogP contribution in [0.15, 0.2) is 11.6 Å². The number of aliphatic carboxylic acids is 1. The Morgan fingerprint density at radius 1 is 0.590 bits per heavy atom. The van der Waals surface area contributed by atoms with Crippen molar-refractivity contribution >= 4 is 5.97 Å². The molecule has 0 radical (unpaired) electrons. The smallest absolute Gasteiger partial charge is 0.335 e. The van der Waals surface area contributed by atoms with Gasteiger partial charge in [-0.3, -0.25) is 0 Å². The normalized spacial score (nSPS) is 56.4. The fourth-order valence-corrected chi connectivity index (χ4v) is 16.6. The average molecular weight is 1120 g/mol. The highest BCUT2D eigenvalue weighted by molar-refractivity contribution is 5.73. The van der Waals surface area contributed by atoms with Gasteiger partial charge in [-0.1, -0.05) is 53.2 Å². The van der Waals surface area contributed by atoms with Gasteiger partial charge in [0.15, 0.2) is 31.3 Å². The fourth-order valence-electron chi connectivity index (χ4n) is 16.6. The largest absolute Gasteiger partial charge is 0.479 e. The third kappa shape index (κ3) is 9.76. The molecule has 4 aliphatic heterocycles. The molecule has 4 saturated carbocycles. The Kier molecular flexibility index (Phi) is 17.2. The van der Waals surface area contributed by atoms with Crippen molar-refractivity contribution < 1.29 is 119 Å². The van der Waals surface area contributed by atoms with Crippen LogP contribution >= 0.6 is 0 Å². The lowest BCUT2D eigenvalue weighted by Gasteiger charge is -2.72. The van der Waals surface area contributed by atoms with E-state index in [2.05, 4.69) is 33.8 Å². The number of carboxylic acids is 1. The van der Waals surface area contributed by atoms with E-state index in [1.54, 1.807) is 0 Å². The van der Waals surface area contributed by atoms with Gasteiger partial charge in [0.2, 0.25) is 0 Å². The highest BCUT2D eigenvalue weighted by Crippen LogP contribution is 2.76. The van der Waals surface area contributed by atoms with Gasteiger partial charge >= 0.3 is 5.97 Å². The standard InChI is InChI=1S/C54H88O24/c1-22-31(59)34(62)40(68)46(72-22)77-42-36(64)33(61)26(19-56)74-47(42)78-43-38(66)37(65)41(44(69)70)76-48(43)75-30-11-12-51(4)27(52(30,5)20-57)10-13-54(7)28(51)9-8-23-24-16-49(2,17-29(58)50(24,3)14-15-53(23,54)6)21-71-45-39(67)35(63)32(60)25(18-55)73-45/h8,22,24-43,45-48,55-68H,9-21H2,1-7H3,(H,69,70). The summed E-state index contributed by atoms with van der Waals surface area (Å²) in [6.07, 6.45) is -27.6. The first-order valence-electron chi connectivity index (χ1n) is 27.9. The number of carboxylic acid groups (broad SMARTS) is 1. The zero-order valence-corrected chi connectivity index (χ0v) is 45.6. The topological polar surface area (TPSA) is 394 Å². The van der Waals surface area contributed by atoms with Gasteiger partial charge in [-0.25, -0.2) is 4.79 Å². The molecule has 24 heteroatoms. The second kappa shape index (κ2) is 22.1. The van der Waals surface area contributed by atoms with Crippen molar-refractivity contribution in [1.82, 2.24) is 0 Å². The van der Waals surface area contributed by atoms with E-state index in [1.807, 2.05) is 13.8 Å². The molecule has 78 heavy (non-hydrogen) atoms. The molecule has 0 aromatic heterocycles. The number of hydrogen-bond acceptors (Lipinski definition) is 23. The molecule has 31 atom stereocenters. The summed E-state index contributed by atoms with van der Waals surface area (Å²) in [5.74, 6) is -1.77. The molecule has 0 aromatic rings. The molecule has 4 heterocycles. The van der Waals surface area contributed by atoms with Crippen molar-refractivity contribution in [3.05, 3.63) is 11.6 Å². The molecule has 31 unspecified atom stereocenters. The van der Waals surface area contributed by atoms with Crippen LogP contribution in [0.3, 0.4) is 0 Å². The molecule has 0 spiro atoms. The Balaban J connectivity index is 0.963. The number of hydrogen-bond donors (Lipinski definition) is 15. The van der Waals surface area contributed by atoms with Gasteiger partial charge in [0.25, 0.3) is 0 Å². The molecule has 9 aliphatic rings. The van der Waals surface area contributed by atoms with E-state index < -0.39 is 176 Å². The Hall–Kier alpha value is -1.67. The second-order valence-corrected chi connectivity index (χ2v) is 26.3. The van der Waals surface area contributed by atoms with E-state index >= 15 is 0 Å². The summed E-state index contributed by atoms with van der Waals surface area (Å²) in [6.45, 7) is 12.7. The summed E-state index contributed by atoms with van der Waals surface area (Å²) in [5, 5.41) is 162. The van der Waals surface area contributed by atoms with Gasteiger partial charge in [0.1, 0.15) is 85.5 Å². The number of carbonyl (C=O) groups is 1. The van der Waals surface area contributed by atoms with Crippen LogP contribution in [0.5, 0.6) is 0 Å². The number of aliphatic hydroxyl groups is 14. The van der Waals surface area contributed by atoms with Gasteiger partial charge in [0, 0.05) is 10.8 Å². The number of allylic oxidation sites excluding steroid dienone is 2. The molecule has 24 nitrogen and oxygen atoms in total. The summed E-state index contributed by atoms with van der Waals surface area (Å²) in [6, 6.07) is 0. The lowest BCUT2D eigenvalue weighted by molar-refractivity contribution is -0.396. The van der Waals surface area contributed by atoms with Crippen LogP contribution in [-0.4, -0.2) is 244 Å².